The standard InChI is InChI=1S/C20H23FN6O2/c1-13(2)11-29-18-10-17(22-12-23-18)26-5-7-27(8-6-26)20(28)19-15-9-14(21)3-4-16(15)24-25-19/h3-4,9-10,12-13H,5-8,11H2,1-2H3,(H,24,25). The summed E-state index contributed by atoms with van der Waals surface area (Å²) in [6.07, 6.45) is 1.49. The summed E-state index contributed by atoms with van der Waals surface area (Å²) < 4.78 is 19.2. The third kappa shape index (κ3) is 4.13. The van der Waals surface area contributed by atoms with Crippen molar-refractivity contribution in [3.63, 3.8) is 0 Å². The fraction of sp³-hybridized carbons (Fsp3) is 0.400. The summed E-state index contributed by atoms with van der Waals surface area (Å²) in [6, 6.07) is 6.08. The highest BCUT2D eigenvalue weighted by Gasteiger charge is 2.26. The molecule has 1 amide bonds. The molecule has 0 bridgehead atoms. The van der Waals surface area contributed by atoms with Gasteiger partial charge in [-0.3, -0.25) is 9.89 Å². The predicted octanol–water partition coefficient (Wildman–Crippen LogP) is 2.49. The number of nitrogens with one attached hydrogen (secondary N) is 1. The highest BCUT2D eigenvalue weighted by molar-refractivity contribution is 6.04. The SMILES string of the molecule is CC(C)COc1cc(N2CCN(C(=O)c3n[nH]c4ccc(F)cc34)CC2)ncn1. The Balaban J connectivity index is 1.42. The molecule has 29 heavy (non-hydrogen) atoms. The molecule has 0 saturated carbocycles. The number of carbonyl (C=O) groups excluding carboxylic acids is 1. The molecule has 0 radical (unpaired) electrons. The molecule has 1 aliphatic rings. The fourth-order valence-corrected chi connectivity index (χ4v) is 3.27. The second-order valence-electron chi connectivity index (χ2n) is 7.46. The lowest BCUT2D eigenvalue weighted by molar-refractivity contribution is 0.0742. The normalized spacial score (nSPS) is 14.6. The number of fused-ring (bicyclic) bond motifs is 1. The Morgan fingerprint density at radius 3 is 2.76 bits per heavy atom. The van der Waals surface area contributed by atoms with Crippen molar-refractivity contribution in [3.8, 4) is 5.88 Å². The Hall–Kier alpha value is -3.23. The van der Waals surface area contributed by atoms with Crippen molar-refractivity contribution < 1.29 is 13.9 Å². The number of amides is 1. The molecule has 9 heteroatoms. The second-order valence-corrected chi connectivity index (χ2v) is 7.46. The minimum Gasteiger partial charge on any atom is -0.477 e. The average molecular weight is 398 g/mol. The molecule has 0 aliphatic carbocycles. The van der Waals surface area contributed by atoms with Crippen LogP contribution >= 0.6 is 0 Å². The van der Waals surface area contributed by atoms with Crippen molar-refractivity contribution in [1.29, 1.82) is 0 Å². The quantitative estimate of drug-likeness (QED) is 0.711. The van der Waals surface area contributed by atoms with E-state index in [0.29, 0.717) is 55.5 Å². The van der Waals surface area contributed by atoms with Gasteiger partial charge in [-0.1, -0.05) is 13.8 Å². The van der Waals surface area contributed by atoms with E-state index >= 15 is 0 Å². The summed E-state index contributed by atoms with van der Waals surface area (Å²) in [5, 5.41) is 7.39. The topological polar surface area (TPSA) is 87.2 Å². The molecule has 3 heterocycles. The number of nitrogens with zero attached hydrogens (tertiary/aromatic N) is 5. The number of benzene rings is 1. The maximum atomic E-state index is 13.6. The van der Waals surface area contributed by atoms with E-state index in [-0.39, 0.29) is 11.6 Å². The first-order valence-electron chi connectivity index (χ1n) is 9.64. The zero-order chi connectivity index (χ0) is 20.4. The molecule has 3 aromatic rings. The van der Waals surface area contributed by atoms with E-state index < -0.39 is 5.82 Å². The number of aromatic amines is 1. The minimum atomic E-state index is -0.392. The van der Waals surface area contributed by atoms with Gasteiger partial charge in [0.15, 0.2) is 5.69 Å². The zero-order valence-corrected chi connectivity index (χ0v) is 16.4. The van der Waals surface area contributed by atoms with Crippen LogP contribution in [0, 0.1) is 11.7 Å². The van der Waals surface area contributed by atoms with Gasteiger partial charge in [-0.15, -0.1) is 0 Å². The van der Waals surface area contributed by atoms with Crippen molar-refractivity contribution >= 4 is 22.6 Å². The van der Waals surface area contributed by atoms with Crippen molar-refractivity contribution in [1.82, 2.24) is 25.1 Å². The summed E-state index contributed by atoms with van der Waals surface area (Å²) in [6.45, 7) is 7.05. The third-order valence-electron chi connectivity index (χ3n) is 4.81. The first-order chi connectivity index (χ1) is 14.0. The fourth-order valence-electron chi connectivity index (χ4n) is 3.27. The van der Waals surface area contributed by atoms with Crippen LogP contribution in [0.2, 0.25) is 0 Å². The molecule has 1 fully saturated rings. The first kappa shape index (κ1) is 19.1. The lowest BCUT2D eigenvalue weighted by atomic mass is 10.2. The largest absolute Gasteiger partial charge is 0.477 e. The monoisotopic (exact) mass is 398 g/mol. The smallest absolute Gasteiger partial charge is 0.275 e. The Morgan fingerprint density at radius 2 is 2.00 bits per heavy atom. The summed E-state index contributed by atoms with van der Waals surface area (Å²) in [5.41, 5.74) is 0.891. The highest BCUT2D eigenvalue weighted by Crippen LogP contribution is 2.21. The minimum absolute atomic E-state index is 0.204. The predicted molar refractivity (Wildman–Crippen MR) is 107 cm³/mol. The first-order valence-corrected chi connectivity index (χ1v) is 9.64. The number of rotatable bonds is 5. The van der Waals surface area contributed by atoms with E-state index in [2.05, 4.69) is 38.9 Å². The lowest BCUT2D eigenvalue weighted by Gasteiger charge is -2.35. The van der Waals surface area contributed by atoms with Gasteiger partial charge in [0.05, 0.1) is 12.1 Å². The van der Waals surface area contributed by atoms with E-state index in [9.17, 15) is 9.18 Å². The number of hydrogen-bond acceptors (Lipinski definition) is 6. The van der Waals surface area contributed by atoms with E-state index in [1.165, 1.54) is 18.5 Å². The van der Waals surface area contributed by atoms with E-state index in [1.807, 2.05) is 6.07 Å². The van der Waals surface area contributed by atoms with Crippen LogP contribution in [-0.2, 0) is 0 Å². The van der Waals surface area contributed by atoms with E-state index in [4.69, 9.17) is 4.74 Å². The van der Waals surface area contributed by atoms with Crippen LogP contribution in [0.1, 0.15) is 24.3 Å². The number of aromatic nitrogens is 4. The van der Waals surface area contributed by atoms with Crippen molar-refractivity contribution in [2.24, 2.45) is 5.92 Å². The summed E-state index contributed by atoms with van der Waals surface area (Å²) in [5.74, 6) is 1.14. The van der Waals surface area contributed by atoms with Crippen molar-refractivity contribution in [2.75, 3.05) is 37.7 Å². The van der Waals surface area contributed by atoms with Crippen LogP contribution in [0.3, 0.4) is 0 Å². The summed E-state index contributed by atoms with van der Waals surface area (Å²) >= 11 is 0. The van der Waals surface area contributed by atoms with Crippen molar-refractivity contribution in [3.05, 3.63) is 42.1 Å². The molecular formula is C20H23FN6O2. The second kappa shape index (κ2) is 8.02. The van der Waals surface area contributed by atoms with Crippen LogP contribution < -0.4 is 9.64 Å². The number of halogens is 1. The van der Waals surface area contributed by atoms with Gasteiger partial charge in [0, 0.05) is 37.6 Å². The Bertz CT molecular complexity index is 1010. The van der Waals surface area contributed by atoms with Crippen LogP contribution in [-0.4, -0.2) is 63.8 Å². The number of anilines is 1. The Kier molecular flexibility index (Phi) is 5.28. The van der Waals surface area contributed by atoms with Gasteiger partial charge in [-0.25, -0.2) is 14.4 Å². The molecule has 2 aromatic heterocycles. The molecule has 152 valence electrons. The summed E-state index contributed by atoms with van der Waals surface area (Å²) in [7, 11) is 0. The van der Waals surface area contributed by atoms with Gasteiger partial charge in [0.1, 0.15) is 18.0 Å². The van der Waals surface area contributed by atoms with Crippen molar-refractivity contribution in [2.45, 2.75) is 13.8 Å². The molecule has 0 unspecified atom stereocenters. The number of ether oxygens (including phenoxy) is 1. The number of piperazine rings is 1. The molecule has 8 nitrogen and oxygen atoms in total. The molecule has 4 rings (SSSR count). The van der Waals surface area contributed by atoms with Gasteiger partial charge < -0.3 is 14.5 Å². The molecule has 0 spiro atoms. The van der Waals surface area contributed by atoms with Crippen LogP contribution in [0.15, 0.2) is 30.6 Å². The number of carbonyl (C=O) groups is 1. The molecule has 0 atom stereocenters. The number of hydrogen-bond donors (Lipinski definition) is 1. The van der Waals surface area contributed by atoms with Crippen LogP contribution in [0.4, 0.5) is 10.2 Å². The molecule has 1 saturated heterocycles. The third-order valence-corrected chi connectivity index (χ3v) is 4.81. The van der Waals surface area contributed by atoms with Crippen LogP contribution in [0.25, 0.3) is 10.9 Å². The average Bonchev–Trinajstić information content (AvgIpc) is 3.15. The molecule has 1 aromatic carbocycles. The van der Waals surface area contributed by atoms with Gasteiger partial charge in [-0.05, 0) is 24.1 Å². The molecule has 1 N–H and O–H groups in total. The van der Waals surface area contributed by atoms with Gasteiger partial charge in [-0.2, -0.15) is 5.10 Å². The maximum Gasteiger partial charge on any atom is 0.275 e. The zero-order valence-electron chi connectivity index (χ0n) is 16.4. The number of H-pyrrole nitrogens is 1. The Morgan fingerprint density at radius 1 is 1.21 bits per heavy atom. The van der Waals surface area contributed by atoms with Crippen LogP contribution in [0.5, 0.6) is 5.88 Å². The lowest BCUT2D eigenvalue weighted by Crippen LogP contribution is -2.49. The highest BCUT2D eigenvalue weighted by atomic mass is 19.1. The Labute approximate surface area is 167 Å². The van der Waals surface area contributed by atoms with Gasteiger partial charge >= 0.3 is 0 Å². The van der Waals surface area contributed by atoms with E-state index in [1.54, 1.807) is 11.0 Å². The molecule has 1 aliphatic heterocycles. The summed E-state index contributed by atoms with van der Waals surface area (Å²) in [4.78, 5) is 25.2. The van der Waals surface area contributed by atoms with Gasteiger partial charge in [0.2, 0.25) is 5.88 Å². The maximum absolute atomic E-state index is 13.6. The van der Waals surface area contributed by atoms with Gasteiger partial charge in [0.25, 0.3) is 5.91 Å². The molecular weight excluding hydrogens is 375 g/mol. The van der Waals surface area contributed by atoms with E-state index in [0.717, 1.165) is 5.82 Å².